The Kier molecular flexibility index (Phi) is 7.23. The van der Waals surface area contributed by atoms with Crippen molar-refractivity contribution in [1.29, 1.82) is 0 Å². The summed E-state index contributed by atoms with van der Waals surface area (Å²) in [7, 11) is 0. The van der Waals surface area contributed by atoms with Gasteiger partial charge in [0.15, 0.2) is 0 Å². The van der Waals surface area contributed by atoms with Crippen LogP contribution in [-0.2, 0) is 0 Å². The molecule has 1 atom stereocenters. The van der Waals surface area contributed by atoms with E-state index in [-0.39, 0.29) is 0 Å². The lowest BCUT2D eigenvalue weighted by molar-refractivity contribution is -0.0403. The van der Waals surface area contributed by atoms with Crippen molar-refractivity contribution in [2.45, 2.75) is 38.0 Å². The van der Waals surface area contributed by atoms with Gasteiger partial charge in [-0.15, -0.1) is 0 Å². The van der Waals surface area contributed by atoms with E-state index in [0.29, 0.717) is 17.5 Å². The summed E-state index contributed by atoms with van der Waals surface area (Å²) in [6.45, 7) is 0.292. The number of rotatable bonds is 9. The summed E-state index contributed by atoms with van der Waals surface area (Å²) in [4.78, 5) is 15.0. The predicted molar refractivity (Wildman–Crippen MR) is 93.7 cm³/mol. The molecule has 5 nitrogen and oxygen atoms in total. The first-order valence-electron chi connectivity index (χ1n) is 8.39. The fourth-order valence-corrected chi connectivity index (χ4v) is 2.87. The monoisotopic (exact) mass is 327 g/mol. The zero-order chi connectivity index (χ0) is 17.2. The quantitative estimate of drug-likeness (QED) is 0.416. The summed E-state index contributed by atoms with van der Waals surface area (Å²) >= 11 is 0. The van der Waals surface area contributed by atoms with Crippen molar-refractivity contribution < 1.29 is 10.0 Å². The fourth-order valence-electron chi connectivity index (χ4n) is 2.87. The number of hydrogen-bond donors (Lipinski definition) is 2. The highest BCUT2D eigenvalue weighted by Gasteiger charge is 2.13. The van der Waals surface area contributed by atoms with E-state index in [1.165, 1.54) is 11.1 Å². The van der Waals surface area contributed by atoms with E-state index in [4.69, 9.17) is 5.73 Å². The summed E-state index contributed by atoms with van der Waals surface area (Å²) in [5.74, 6) is 0.347. The van der Waals surface area contributed by atoms with E-state index in [2.05, 4.69) is 35.3 Å². The number of unbranched alkanes of at least 4 members (excludes halogenated alkanes) is 3. The van der Waals surface area contributed by atoms with Gasteiger partial charge in [-0.2, -0.15) is 0 Å². The normalized spacial score (nSPS) is 11.9. The van der Waals surface area contributed by atoms with E-state index in [1.807, 2.05) is 18.3 Å². The van der Waals surface area contributed by atoms with Crippen LogP contribution in [0.3, 0.4) is 0 Å². The highest BCUT2D eigenvalue weighted by atomic mass is 16.5. The number of amides is 2. The third-order valence-electron chi connectivity index (χ3n) is 4.16. The zero-order valence-electron chi connectivity index (χ0n) is 13.8. The Morgan fingerprint density at radius 3 is 2.42 bits per heavy atom. The molecule has 2 rings (SSSR count). The van der Waals surface area contributed by atoms with Gasteiger partial charge in [-0.3, -0.25) is 10.2 Å². The lowest BCUT2D eigenvalue weighted by Gasteiger charge is -2.18. The van der Waals surface area contributed by atoms with Gasteiger partial charge in [-0.25, -0.2) is 9.86 Å². The first-order chi connectivity index (χ1) is 11.7. The third kappa shape index (κ3) is 5.66. The van der Waals surface area contributed by atoms with Gasteiger partial charge in [0.05, 0.1) is 6.54 Å². The SMILES string of the molecule is NC(=O)N(O)CCCCCCC(c1ccccc1)c1cccnc1. The van der Waals surface area contributed by atoms with Crippen LogP contribution in [0, 0.1) is 0 Å². The average molecular weight is 327 g/mol. The second kappa shape index (κ2) is 9.67. The molecule has 1 heterocycles. The van der Waals surface area contributed by atoms with Gasteiger partial charge in [0.2, 0.25) is 0 Å². The Morgan fingerprint density at radius 1 is 1.04 bits per heavy atom. The molecule has 0 aliphatic heterocycles. The van der Waals surface area contributed by atoms with Gasteiger partial charge in [-0.1, -0.05) is 55.7 Å². The highest BCUT2D eigenvalue weighted by molar-refractivity contribution is 5.70. The van der Waals surface area contributed by atoms with Crippen molar-refractivity contribution in [3.8, 4) is 0 Å². The second-order valence-electron chi connectivity index (χ2n) is 5.91. The van der Waals surface area contributed by atoms with Crippen LogP contribution in [0.2, 0.25) is 0 Å². The Bertz CT molecular complexity index is 565. The van der Waals surface area contributed by atoms with Crippen molar-refractivity contribution >= 4 is 6.03 Å². The lowest BCUT2D eigenvalue weighted by Crippen LogP contribution is -2.33. The predicted octanol–water partition coefficient (Wildman–Crippen LogP) is 3.93. The summed E-state index contributed by atoms with van der Waals surface area (Å²) in [5, 5.41) is 9.79. The molecule has 128 valence electrons. The Morgan fingerprint density at radius 2 is 1.75 bits per heavy atom. The maximum Gasteiger partial charge on any atom is 0.338 e. The van der Waals surface area contributed by atoms with Crippen LogP contribution in [0.15, 0.2) is 54.9 Å². The first-order valence-corrected chi connectivity index (χ1v) is 8.39. The molecular weight excluding hydrogens is 302 g/mol. The van der Waals surface area contributed by atoms with Crippen molar-refractivity contribution in [3.05, 3.63) is 66.0 Å². The van der Waals surface area contributed by atoms with Gasteiger partial charge in [0.25, 0.3) is 0 Å². The standard InChI is InChI=1S/C19H25N3O2/c20-19(23)22(24)14-7-2-1-6-12-18(16-9-4-3-5-10-16)17-11-8-13-21-15-17/h3-5,8-11,13,15,18,24H,1-2,6-7,12,14H2,(H2,20,23). The maximum atomic E-state index is 10.7. The molecule has 0 radical (unpaired) electrons. The van der Waals surface area contributed by atoms with Crippen molar-refractivity contribution in [1.82, 2.24) is 10.0 Å². The fraction of sp³-hybridized carbons (Fsp3) is 0.368. The molecule has 2 aromatic rings. The van der Waals surface area contributed by atoms with Crippen molar-refractivity contribution in [2.75, 3.05) is 6.54 Å². The smallest absolute Gasteiger partial charge is 0.338 e. The van der Waals surface area contributed by atoms with Crippen LogP contribution in [0.25, 0.3) is 0 Å². The molecule has 0 bridgehead atoms. The molecule has 2 amide bonds. The Labute approximate surface area is 143 Å². The number of aromatic nitrogens is 1. The molecule has 5 heteroatoms. The first kappa shape index (κ1) is 17.9. The maximum absolute atomic E-state index is 10.7. The minimum absolute atomic E-state index is 0.292. The number of pyridine rings is 1. The minimum Gasteiger partial charge on any atom is -0.350 e. The van der Waals surface area contributed by atoms with Gasteiger partial charge >= 0.3 is 6.03 Å². The van der Waals surface area contributed by atoms with Crippen LogP contribution in [0.5, 0.6) is 0 Å². The van der Waals surface area contributed by atoms with E-state index < -0.39 is 6.03 Å². The number of hydroxylamine groups is 2. The molecule has 0 spiro atoms. The Hall–Kier alpha value is -2.40. The van der Waals surface area contributed by atoms with Crippen LogP contribution in [0.4, 0.5) is 4.79 Å². The molecule has 0 saturated carbocycles. The summed E-state index contributed by atoms with van der Waals surface area (Å²) < 4.78 is 0. The zero-order valence-corrected chi connectivity index (χ0v) is 13.8. The topological polar surface area (TPSA) is 79.5 Å². The van der Waals surface area contributed by atoms with E-state index in [1.54, 1.807) is 6.20 Å². The average Bonchev–Trinajstić information content (AvgIpc) is 2.62. The number of primary amides is 1. The van der Waals surface area contributed by atoms with Crippen LogP contribution >= 0.6 is 0 Å². The van der Waals surface area contributed by atoms with Crippen LogP contribution in [0.1, 0.15) is 49.1 Å². The summed E-state index contributed by atoms with van der Waals surface area (Å²) in [6.07, 6.45) is 8.63. The number of nitrogens with zero attached hydrogens (tertiary/aromatic N) is 2. The van der Waals surface area contributed by atoms with Crippen molar-refractivity contribution in [2.24, 2.45) is 5.73 Å². The summed E-state index contributed by atoms with van der Waals surface area (Å²) in [6, 6.07) is 13.8. The number of carbonyl (C=O) groups excluding carboxylic acids is 1. The molecule has 0 saturated heterocycles. The molecule has 1 aromatic heterocycles. The molecule has 3 N–H and O–H groups in total. The van der Waals surface area contributed by atoms with E-state index >= 15 is 0 Å². The minimum atomic E-state index is -0.796. The molecule has 0 aliphatic rings. The van der Waals surface area contributed by atoms with Gasteiger partial charge in [0.1, 0.15) is 0 Å². The Balaban J connectivity index is 1.83. The number of benzene rings is 1. The largest absolute Gasteiger partial charge is 0.350 e. The lowest BCUT2D eigenvalue weighted by atomic mass is 9.87. The number of hydrogen-bond acceptors (Lipinski definition) is 3. The number of nitrogens with two attached hydrogens (primary N) is 1. The van der Waals surface area contributed by atoms with Crippen LogP contribution in [-0.4, -0.2) is 27.8 Å². The summed E-state index contributed by atoms with van der Waals surface area (Å²) in [5.41, 5.74) is 7.52. The molecule has 24 heavy (non-hydrogen) atoms. The van der Waals surface area contributed by atoms with Crippen molar-refractivity contribution in [3.63, 3.8) is 0 Å². The van der Waals surface area contributed by atoms with Crippen LogP contribution < -0.4 is 5.73 Å². The van der Waals surface area contributed by atoms with E-state index in [9.17, 15) is 10.0 Å². The molecule has 1 aromatic carbocycles. The third-order valence-corrected chi connectivity index (χ3v) is 4.16. The van der Waals surface area contributed by atoms with E-state index in [0.717, 1.165) is 32.1 Å². The van der Waals surface area contributed by atoms with Gasteiger partial charge < -0.3 is 5.73 Å². The second-order valence-corrected chi connectivity index (χ2v) is 5.91. The highest BCUT2D eigenvalue weighted by Crippen LogP contribution is 2.29. The number of urea groups is 1. The molecule has 0 aliphatic carbocycles. The number of carbonyl (C=O) groups is 1. The molecular formula is C19H25N3O2. The molecule has 0 fully saturated rings. The van der Waals surface area contributed by atoms with Gasteiger partial charge in [0, 0.05) is 18.3 Å². The molecule has 1 unspecified atom stereocenters. The van der Waals surface area contributed by atoms with Gasteiger partial charge in [-0.05, 0) is 30.0 Å².